The Hall–Kier alpha value is -0.380. The van der Waals surface area contributed by atoms with E-state index in [4.69, 9.17) is 5.73 Å². The van der Waals surface area contributed by atoms with Gasteiger partial charge in [0.2, 0.25) is 0 Å². The van der Waals surface area contributed by atoms with E-state index < -0.39 is 0 Å². The fourth-order valence-corrected chi connectivity index (χ4v) is 2.70. The molecule has 1 fully saturated rings. The second-order valence-corrected chi connectivity index (χ2v) is 5.47. The average molecular weight is 269 g/mol. The van der Waals surface area contributed by atoms with Gasteiger partial charge in [0, 0.05) is 16.6 Å². The Balaban J connectivity index is 2.12. The van der Waals surface area contributed by atoms with Crippen molar-refractivity contribution < 1.29 is 0 Å². The van der Waals surface area contributed by atoms with Gasteiger partial charge in [-0.05, 0) is 38.1 Å². The largest absolute Gasteiger partial charge is 0.324 e. The minimum atomic E-state index is -0.0430. The molecule has 0 radical (unpaired) electrons. The van der Waals surface area contributed by atoms with Gasteiger partial charge in [0.05, 0.1) is 0 Å². The standard InChI is InChI=1S/C12H17BrN2/c1-15-7-6-12(14,9-15)8-10-4-2-3-5-11(10)13/h2-5H,6-9,14H2,1H3. The summed E-state index contributed by atoms with van der Waals surface area (Å²) in [6, 6.07) is 8.34. The SMILES string of the molecule is CN1CCC(N)(Cc2ccccc2Br)C1. The zero-order valence-electron chi connectivity index (χ0n) is 9.04. The summed E-state index contributed by atoms with van der Waals surface area (Å²) in [4.78, 5) is 2.30. The molecule has 2 nitrogen and oxygen atoms in total. The first-order chi connectivity index (χ1) is 7.09. The molecule has 1 aromatic carbocycles. The summed E-state index contributed by atoms with van der Waals surface area (Å²) in [5.74, 6) is 0. The lowest BCUT2D eigenvalue weighted by atomic mass is 9.91. The highest BCUT2D eigenvalue weighted by atomic mass is 79.9. The highest BCUT2D eigenvalue weighted by Gasteiger charge is 2.32. The van der Waals surface area contributed by atoms with Crippen LogP contribution < -0.4 is 5.73 Å². The summed E-state index contributed by atoms with van der Waals surface area (Å²) in [6.45, 7) is 2.11. The number of nitrogens with two attached hydrogens (primary N) is 1. The normalized spacial score (nSPS) is 27.1. The molecular weight excluding hydrogens is 252 g/mol. The number of likely N-dealkylation sites (N-methyl/N-ethyl adjacent to an activating group) is 1. The number of rotatable bonds is 2. The highest BCUT2D eigenvalue weighted by Crippen LogP contribution is 2.25. The van der Waals surface area contributed by atoms with Gasteiger partial charge in [-0.25, -0.2) is 0 Å². The van der Waals surface area contributed by atoms with Crippen molar-refractivity contribution in [3.05, 3.63) is 34.3 Å². The summed E-state index contributed by atoms with van der Waals surface area (Å²) in [7, 11) is 2.13. The Kier molecular flexibility index (Phi) is 3.14. The van der Waals surface area contributed by atoms with Crippen molar-refractivity contribution in [2.45, 2.75) is 18.4 Å². The van der Waals surface area contributed by atoms with E-state index in [0.717, 1.165) is 25.9 Å². The second-order valence-electron chi connectivity index (χ2n) is 4.62. The molecule has 0 bridgehead atoms. The predicted octanol–water partition coefficient (Wildman–Crippen LogP) is 2.02. The van der Waals surface area contributed by atoms with Crippen molar-refractivity contribution in [2.75, 3.05) is 20.1 Å². The van der Waals surface area contributed by atoms with Gasteiger partial charge in [0.25, 0.3) is 0 Å². The molecule has 1 unspecified atom stereocenters. The Bertz CT molecular complexity index is 353. The molecule has 0 spiro atoms. The summed E-state index contributed by atoms with van der Waals surface area (Å²) in [5.41, 5.74) is 7.66. The van der Waals surface area contributed by atoms with Gasteiger partial charge >= 0.3 is 0 Å². The van der Waals surface area contributed by atoms with E-state index in [2.05, 4.69) is 46.1 Å². The third-order valence-corrected chi connectivity index (χ3v) is 3.85. The lowest BCUT2D eigenvalue weighted by Gasteiger charge is -2.24. The third-order valence-electron chi connectivity index (χ3n) is 3.08. The van der Waals surface area contributed by atoms with E-state index in [9.17, 15) is 0 Å². The van der Waals surface area contributed by atoms with Crippen LogP contribution in [0.1, 0.15) is 12.0 Å². The van der Waals surface area contributed by atoms with Crippen molar-refractivity contribution in [3.63, 3.8) is 0 Å². The van der Waals surface area contributed by atoms with Crippen LogP contribution in [-0.2, 0) is 6.42 Å². The third kappa shape index (κ3) is 2.60. The van der Waals surface area contributed by atoms with Crippen LogP contribution in [0, 0.1) is 0 Å². The predicted molar refractivity (Wildman–Crippen MR) is 66.9 cm³/mol. The smallest absolute Gasteiger partial charge is 0.0336 e. The lowest BCUT2D eigenvalue weighted by Crippen LogP contribution is -2.44. The summed E-state index contributed by atoms with van der Waals surface area (Å²) >= 11 is 3.57. The van der Waals surface area contributed by atoms with Crippen LogP contribution in [0.4, 0.5) is 0 Å². The number of hydrogen-bond donors (Lipinski definition) is 1. The van der Waals surface area contributed by atoms with E-state index >= 15 is 0 Å². The van der Waals surface area contributed by atoms with Crippen LogP contribution in [0.5, 0.6) is 0 Å². The van der Waals surface area contributed by atoms with Gasteiger partial charge in [0.1, 0.15) is 0 Å². The Morgan fingerprint density at radius 2 is 2.20 bits per heavy atom. The maximum absolute atomic E-state index is 6.39. The van der Waals surface area contributed by atoms with Crippen molar-refractivity contribution in [2.24, 2.45) is 5.73 Å². The number of hydrogen-bond acceptors (Lipinski definition) is 2. The number of likely N-dealkylation sites (tertiary alicyclic amines) is 1. The molecule has 15 heavy (non-hydrogen) atoms. The number of halogens is 1. The molecule has 3 heteroatoms. The molecule has 1 aliphatic heterocycles. The summed E-state index contributed by atoms with van der Waals surface area (Å²) < 4.78 is 1.17. The van der Waals surface area contributed by atoms with Crippen molar-refractivity contribution in [3.8, 4) is 0 Å². The minimum absolute atomic E-state index is 0.0430. The molecule has 0 amide bonds. The lowest BCUT2D eigenvalue weighted by molar-refractivity contribution is 0.366. The van der Waals surface area contributed by atoms with E-state index in [1.54, 1.807) is 0 Å². The first kappa shape index (κ1) is 11.1. The number of benzene rings is 1. The van der Waals surface area contributed by atoms with E-state index in [-0.39, 0.29) is 5.54 Å². The second kappa shape index (κ2) is 4.24. The van der Waals surface area contributed by atoms with E-state index in [1.807, 2.05) is 6.07 Å². The van der Waals surface area contributed by atoms with Crippen LogP contribution in [0.25, 0.3) is 0 Å². The Morgan fingerprint density at radius 1 is 1.47 bits per heavy atom. The monoisotopic (exact) mass is 268 g/mol. The van der Waals surface area contributed by atoms with Crippen LogP contribution >= 0.6 is 15.9 Å². The Labute approximate surface area is 99.6 Å². The molecule has 2 N–H and O–H groups in total. The van der Waals surface area contributed by atoms with Crippen molar-refractivity contribution in [1.29, 1.82) is 0 Å². The van der Waals surface area contributed by atoms with Crippen LogP contribution in [0.2, 0.25) is 0 Å². The molecule has 1 aliphatic rings. The summed E-state index contributed by atoms with van der Waals surface area (Å²) in [5, 5.41) is 0. The van der Waals surface area contributed by atoms with Gasteiger partial charge in [-0.3, -0.25) is 0 Å². The molecule has 2 rings (SSSR count). The van der Waals surface area contributed by atoms with Crippen molar-refractivity contribution >= 4 is 15.9 Å². The maximum Gasteiger partial charge on any atom is 0.0336 e. The fraction of sp³-hybridized carbons (Fsp3) is 0.500. The fourth-order valence-electron chi connectivity index (χ4n) is 2.27. The molecule has 82 valence electrons. The van der Waals surface area contributed by atoms with Gasteiger partial charge in [-0.2, -0.15) is 0 Å². The topological polar surface area (TPSA) is 29.3 Å². The quantitative estimate of drug-likeness (QED) is 0.890. The molecule has 1 heterocycles. The first-order valence-electron chi connectivity index (χ1n) is 5.30. The van der Waals surface area contributed by atoms with Crippen molar-refractivity contribution in [1.82, 2.24) is 4.90 Å². The van der Waals surface area contributed by atoms with E-state index in [0.29, 0.717) is 0 Å². The molecule has 0 aromatic heterocycles. The van der Waals surface area contributed by atoms with Gasteiger partial charge in [-0.1, -0.05) is 34.1 Å². The Morgan fingerprint density at radius 3 is 2.80 bits per heavy atom. The maximum atomic E-state index is 6.39. The van der Waals surface area contributed by atoms with Gasteiger partial charge < -0.3 is 10.6 Å². The molecule has 1 saturated heterocycles. The summed E-state index contributed by atoms with van der Waals surface area (Å²) in [6.07, 6.45) is 2.05. The molecule has 1 aromatic rings. The van der Waals surface area contributed by atoms with Crippen LogP contribution in [0.3, 0.4) is 0 Å². The molecule has 1 atom stereocenters. The van der Waals surface area contributed by atoms with Gasteiger partial charge in [0.15, 0.2) is 0 Å². The van der Waals surface area contributed by atoms with E-state index in [1.165, 1.54) is 10.0 Å². The van der Waals surface area contributed by atoms with Crippen LogP contribution in [0.15, 0.2) is 28.7 Å². The highest BCUT2D eigenvalue weighted by molar-refractivity contribution is 9.10. The van der Waals surface area contributed by atoms with Crippen LogP contribution in [-0.4, -0.2) is 30.6 Å². The molecule has 0 saturated carbocycles. The zero-order chi connectivity index (χ0) is 10.9. The molecular formula is C12H17BrN2. The minimum Gasteiger partial charge on any atom is -0.324 e. The zero-order valence-corrected chi connectivity index (χ0v) is 10.6. The molecule has 0 aliphatic carbocycles. The average Bonchev–Trinajstić information content (AvgIpc) is 2.51. The number of nitrogens with zero attached hydrogens (tertiary/aromatic N) is 1. The van der Waals surface area contributed by atoms with Gasteiger partial charge in [-0.15, -0.1) is 0 Å². The first-order valence-corrected chi connectivity index (χ1v) is 6.09.